The van der Waals surface area contributed by atoms with Gasteiger partial charge in [-0.25, -0.2) is 9.97 Å². The average Bonchev–Trinajstić information content (AvgIpc) is 3.14. The second-order valence-electron chi connectivity index (χ2n) is 6.40. The molecule has 1 atom stereocenters. The van der Waals surface area contributed by atoms with Crippen molar-refractivity contribution in [3.05, 3.63) is 65.0 Å². The van der Waals surface area contributed by atoms with E-state index in [2.05, 4.69) is 20.3 Å². The first-order valence-corrected chi connectivity index (χ1v) is 8.56. The standard InChI is InChI=1S/C19H15F3N4O2/c20-19(21,22)15-4-2-1-3-11(15)10-28-18-24-8-12(9-25-18)14-7-16(27)26-17-13(14)5-6-23-17/h1-5,8-9,14H,6-7,10H2,(H,23,26,27). The minimum Gasteiger partial charge on any atom is -0.459 e. The van der Waals surface area contributed by atoms with E-state index in [4.69, 9.17) is 4.74 Å². The Balaban J connectivity index is 1.48. The highest BCUT2D eigenvalue weighted by atomic mass is 19.4. The Morgan fingerprint density at radius 3 is 2.68 bits per heavy atom. The van der Waals surface area contributed by atoms with Crippen molar-refractivity contribution in [3.63, 3.8) is 0 Å². The lowest BCUT2D eigenvalue weighted by molar-refractivity contribution is -0.138. The third kappa shape index (κ3) is 3.60. The number of halogens is 3. The van der Waals surface area contributed by atoms with Crippen molar-refractivity contribution in [3.8, 4) is 6.01 Å². The number of nitrogens with zero attached hydrogens (tertiary/aromatic N) is 3. The average molecular weight is 388 g/mol. The van der Waals surface area contributed by atoms with Gasteiger partial charge in [0.25, 0.3) is 0 Å². The van der Waals surface area contributed by atoms with Crippen LogP contribution in [0, 0.1) is 0 Å². The van der Waals surface area contributed by atoms with E-state index >= 15 is 0 Å². The van der Waals surface area contributed by atoms with E-state index in [0.29, 0.717) is 12.4 Å². The molecule has 1 saturated heterocycles. The zero-order valence-electron chi connectivity index (χ0n) is 14.5. The molecule has 1 aromatic carbocycles. The number of amidine groups is 1. The van der Waals surface area contributed by atoms with Crippen LogP contribution in [0.2, 0.25) is 0 Å². The van der Waals surface area contributed by atoms with Gasteiger partial charge in [-0.05, 0) is 11.6 Å². The lowest BCUT2D eigenvalue weighted by atomic mass is 9.86. The van der Waals surface area contributed by atoms with E-state index < -0.39 is 11.7 Å². The van der Waals surface area contributed by atoms with Crippen LogP contribution in [0.3, 0.4) is 0 Å². The molecule has 6 nitrogen and oxygen atoms in total. The van der Waals surface area contributed by atoms with Gasteiger partial charge in [-0.1, -0.05) is 24.3 Å². The van der Waals surface area contributed by atoms with E-state index in [1.807, 2.05) is 6.08 Å². The molecule has 4 rings (SSSR count). The van der Waals surface area contributed by atoms with E-state index in [1.165, 1.54) is 30.6 Å². The second-order valence-corrected chi connectivity index (χ2v) is 6.40. The number of hydrogen-bond donors (Lipinski definition) is 1. The highest BCUT2D eigenvalue weighted by molar-refractivity contribution is 6.12. The minimum absolute atomic E-state index is 0.00333. The van der Waals surface area contributed by atoms with Gasteiger partial charge in [0.2, 0.25) is 5.91 Å². The first kappa shape index (κ1) is 18.1. The fraction of sp³-hybridized carbons (Fsp3) is 0.263. The van der Waals surface area contributed by atoms with Crippen LogP contribution in [0.1, 0.15) is 29.0 Å². The van der Waals surface area contributed by atoms with Crippen molar-refractivity contribution in [2.24, 2.45) is 4.99 Å². The number of carbonyl (C=O) groups is 1. The molecule has 2 aromatic rings. The minimum atomic E-state index is -4.46. The predicted molar refractivity (Wildman–Crippen MR) is 93.7 cm³/mol. The molecule has 1 amide bonds. The van der Waals surface area contributed by atoms with Gasteiger partial charge in [0.05, 0.1) is 12.1 Å². The summed E-state index contributed by atoms with van der Waals surface area (Å²) in [6.45, 7) is 0.213. The third-order valence-corrected chi connectivity index (χ3v) is 4.59. The topological polar surface area (TPSA) is 76.5 Å². The van der Waals surface area contributed by atoms with Crippen molar-refractivity contribution < 1.29 is 22.7 Å². The van der Waals surface area contributed by atoms with Crippen LogP contribution in [0.5, 0.6) is 6.01 Å². The lowest BCUT2D eigenvalue weighted by Crippen LogP contribution is -2.38. The van der Waals surface area contributed by atoms with E-state index in [0.717, 1.165) is 17.2 Å². The monoisotopic (exact) mass is 388 g/mol. The zero-order valence-corrected chi connectivity index (χ0v) is 14.5. The Morgan fingerprint density at radius 1 is 1.18 bits per heavy atom. The molecule has 3 heterocycles. The van der Waals surface area contributed by atoms with Gasteiger partial charge in [0.1, 0.15) is 12.4 Å². The maximum Gasteiger partial charge on any atom is 0.416 e. The number of benzene rings is 1. The molecule has 1 unspecified atom stereocenters. The third-order valence-electron chi connectivity index (χ3n) is 4.59. The van der Waals surface area contributed by atoms with Crippen molar-refractivity contribution >= 4 is 11.7 Å². The van der Waals surface area contributed by atoms with Gasteiger partial charge in [-0.15, -0.1) is 0 Å². The number of alkyl halides is 3. The fourth-order valence-corrected chi connectivity index (χ4v) is 3.26. The summed E-state index contributed by atoms with van der Waals surface area (Å²) in [7, 11) is 0. The van der Waals surface area contributed by atoms with Crippen molar-refractivity contribution in [2.45, 2.75) is 25.1 Å². The molecule has 2 aliphatic rings. The van der Waals surface area contributed by atoms with Crippen LogP contribution in [-0.4, -0.2) is 28.3 Å². The summed E-state index contributed by atoms with van der Waals surface area (Å²) in [5.41, 5.74) is 0.901. The molecule has 1 fully saturated rings. The van der Waals surface area contributed by atoms with Gasteiger partial charge in [0, 0.05) is 35.9 Å². The molecule has 1 aromatic heterocycles. The Morgan fingerprint density at radius 2 is 1.93 bits per heavy atom. The Kier molecular flexibility index (Phi) is 4.58. The molecular formula is C19H15F3N4O2. The normalized spacial score (nSPS) is 18.8. The second kappa shape index (κ2) is 7.06. The van der Waals surface area contributed by atoms with Gasteiger partial charge >= 0.3 is 12.2 Å². The summed E-state index contributed by atoms with van der Waals surface area (Å²) >= 11 is 0. The molecule has 0 spiro atoms. The number of aromatic nitrogens is 2. The smallest absolute Gasteiger partial charge is 0.416 e. The molecule has 9 heteroatoms. The van der Waals surface area contributed by atoms with Crippen LogP contribution < -0.4 is 10.1 Å². The van der Waals surface area contributed by atoms with Crippen LogP contribution in [0.4, 0.5) is 13.2 Å². The number of carbonyl (C=O) groups excluding carboxylic acids is 1. The van der Waals surface area contributed by atoms with Gasteiger partial charge in [-0.3, -0.25) is 9.79 Å². The Labute approximate surface area is 158 Å². The summed E-state index contributed by atoms with van der Waals surface area (Å²) in [5, 5.41) is 2.73. The molecule has 0 radical (unpaired) electrons. The molecule has 28 heavy (non-hydrogen) atoms. The number of aliphatic imine (C=N–C) groups is 1. The lowest BCUT2D eigenvalue weighted by Gasteiger charge is -2.24. The van der Waals surface area contributed by atoms with Crippen molar-refractivity contribution in [2.75, 3.05) is 6.54 Å². The largest absolute Gasteiger partial charge is 0.459 e. The first-order valence-electron chi connectivity index (χ1n) is 8.56. The number of amides is 1. The molecule has 144 valence electrons. The van der Waals surface area contributed by atoms with E-state index in [9.17, 15) is 18.0 Å². The van der Waals surface area contributed by atoms with Crippen molar-refractivity contribution in [1.29, 1.82) is 0 Å². The van der Waals surface area contributed by atoms with Gasteiger partial charge in [-0.2, -0.15) is 13.2 Å². The first-order chi connectivity index (χ1) is 13.4. The summed E-state index contributed by atoms with van der Waals surface area (Å²) in [6.07, 6.45) is 0.794. The highest BCUT2D eigenvalue weighted by Crippen LogP contribution is 2.34. The summed E-state index contributed by atoms with van der Waals surface area (Å²) < 4.78 is 44.4. The zero-order chi connectivity index (χ0) is 19.7. The number of piperidine rings is 1. The van der Waals surface area contributed by atoms with E-state index in [1.54, 1.807) is 0 Å². The SMILES string of the molecule is O=C1CC(c2cnc(OCc3ccccc3C(F)(F)F)nc2)C2=CCN=C2N1. The predicted octanol–water partition coefficient (Wildman–Crippen LogP) is 3.02. The maximum atomic E-state index is 13.0. The van der Waals surface area contributed by atoms with Crippen LogP contribution >= 0.6 is 0 Å². The molecule has 2 aliphatic heterocycles. The highest BCUT2D eigenvalue weighted by Gasteiger charge is 2.33. The molecule has 0 aliphatic carbocycles. The number of ether oxygens (including phenoxy) is 1. The van der Waals surface area contributed by atoms with Crippen LogP contribution in [-0.2, 0) is 17.6 Å². The van der Waals surface area contributed by atoms with Gasteiger partial charge in [0.15, 0.2) is 0 Å². The Hall–Kier alpha value is -3.23. The summed E-state index contributed by atoms with van der Waals surface area (Å²) in [4.78, 5) is 24.3. The number of nitrogens with one attached hydrogen (secondary N) is 1. The molecule has 0 saturated carbocycles. The van der Waals surface area contributed by atoms with E-state index in [-0.39, 0.29) is 36.4 Å². The quantitative estimate of drug-likeness (QED) is 0.874. The van der Waals surface area contributed by atoms with Gasteiger partial charge < -0.3 is 10.1 Å². The number of rotatable bonds is 4. The van der Waals surface area contributed by atoms with Crippen LogP contribution in [0.15, 0.2) is 53.3 Å². The summed E-state index contributed by atoms with van der Waals surface area (Å²) in [5.74, 6) is 0.243. The Bertz CT molecular complexity index is 968. The number of fused-ring (bicyclic) bond motifs is 1. The molecular weight excluding hydrogens is 373 g/mol. The van der Waals surface area contributed by atoms with Crippen LogP contribution in [0.25, 0.3) is 0 Å². The van der Waals surface area contributed by atoms with Crippen molar-refractivity contribution in [1.82, 2.24) is 15.3 Å². The molecule has 1 N–H and O–H groups in total. The number of hydrogen-bond acceptors (Lipinski definition) is 5. The molecule has 0 bridgehead atoms. The fourth-order valence-electron chi connectivity index (χ4n) is 3.26. The maximum absolute atomic E-state index is 13.0. The summed E-state index contributed by atoms with van der Waals surface area (Å²) in [6, 6.07) is 5.17.